The quantitative estimate of drug-likeness (QED) is 0.591. The summed E-state index contributed by atoms with van der Waals surface area (Å²) >= 11 is 0. The molecule has 98 valence electrons. The Morgan fingerprint density at radius 2 is 1.88 bits per heavy atom. The first kappa shape index (κ1) is 15.2. The van der Waals surface area contributed by atoms with Gasteiger partial charge < -0.3 is 21.1 Å². The van der Waals surface area contributed by atoms with Crippen molar-refractivity contribution in [2.45, 2.75) is 20.8 Å². The molecule has 0 rings (SSSR count). The van der Waals surface area contributed by atoms with E-state index in [9.17, 15) is 14.4 Å². The second-order valence-corrected chi connectivity index (χ2v) is 4.33. The van der Waals surface area contributed by atoms with Crippen LogP contribution in [0.1, 0.15) is 20.8 Å². The van der Waals surface area contributed by atoms with E-state index in [0.717, 1.165) is 0 Å². The van der Waals surface area contributed by atoms with Gasteiger partial charge in [-0.1, -0.05) is 0 Å². The Hall–Kier alpha value is -1.79. The van der Waals surface area contributed by atoms with Gasteiger partial charge in [0.15, 0.2) is 0 Å². The van der Waals surface area contributed by atoms with E-state index in [1.165, 1.54) is 18.7 Å². The van der Waals surface area contributed by atoms with Gasteiger partial charge in [0.2, 0.25) is 5.91 Å². The van der Waals surface area contributed by atoms with Crippen molar-refractivity contribution in [3.63, 3.8) is 0 Å². The van der Waals surface area contributed by atoms with Crippen LogP contribution in [0, 0.1) is 5.41 Å². The SMILES string of the molecule is CCN(CC(N)=O)C(=O)NCC(C)(C)C(=O)O. The summed E-state index contributed by atoms with van der Waals surface area (Å²) in [5.74, 6) is -1.62. The molecule has 0 saturated carbocycles. The average molecular weight is 245 g/mol. The van der Waals surface area contributed by atoms with Crippen LogP contribution in [-0.2, 0) is 9.59 Å². The minimum Gasteiger partial charge on any atom is -0.481 e. The third-order valence-electron chi connectivity index (χ3n) is 2.28. The van der Waals surface area contributed by atoms with Gasteiger partial charge in [-0.15, -0.1) is 0 Å². The Bertz CT molecular complexity index is 315. The maximum absolute atomic E-state index is 11.6. The number of urea groups is 1. The van der Waals surface area contributed by atoms with Crippen LogP contribution in [0.5, 0.6) is 0 Å². The number of carboxylic acid groups (broad SMARTS) is 1. The molecule has 0 saturated heterocycles. The number of likely N-dealkylation sites (N-methyl/N-ethyl adjacent to an activating group) is 1. The molecule has 0 fully saturated rings. The van der Waals surface area contributed by atoms with Crippen molar-refractivity contribution in [1.82, 2.24) is 10.2 Å². The molecule has 0 heterocycles. The number of rotatable bonds is 6. The third kappa shape index (κ3) is 5.19. The number of amides is 3. The number of nitrogens with two attached hydrogens (primary N) is 1. The molecule has 0 aliphatic heterocycles. The minimum atomic E-state index is -1.05. The molecule has 0 aromatic rings. The van der Waals surface area contributed by atoms with Crippen molar-refractivity contribution in [1.29, 1.82) is 0 Å². The predicted molar refractivity (Wildman–Crippen MR) is 61.3 cm³/mol. The Labute approximate surface area is 100.0 Å². The molecule has 17 heavy (non-hydrogen) atoms. The molecule has 3 amide bonds. The highest BCUT2D eigenvalue weighted by Gasteiger charge is 2.28. The van der Waals surface area contributed by atoms with Crippen molar-refractivity contribution in [2.75, 3.05) is 19.6 Å². The van der Waals surface area contributed by atoms with Gasteiger partial charge in [-0.3, -0.25) is 9.59 Å². The molecule has 0 bridgehead atoms. The Kier molecular flexibility index (Phi) is 5.43. The summed E-state index contributed by atoms with van der Waals surface area (Å²) in [6.07, 6.45) is 0. The number of nitrogens with zero attached hydrogens (tertiary/aromatic N) is 1. The van der Waals surface area contributed by atoms with Crippen LogP contribution in [-0.4, -0.2) is 47.5 Å². The van der Waals surface area contributed by atoms with Gasteiger partial charge in [0.05, 0.1) is 5.41 Å². The lowest BCUT2D eigenvalue weighted by molar-refractivity contribution is -0.146. The summed E-state index contributed by atoms with van der Waals surface area (Å²) in [5, 5.41) is 11.3. The topological polar surface area (TPSA) is 113 Å². The Morgan fingerprint density at radius 3 is 2.24 bits per heavy atom. The molecule has 0 aromatic carbocycles. The molecule has 0 spiro atoms. The molecule has 0 aromatic heterocycles. The zero-order valence-corrected chi connectivity index (χ0v) is 10.3. The molecule has 0 unspecified atom stereocenters. The van der Waals surface area contributed by atoms with E-state index >= 15 is 0 Å². The van der Waals surface area contributed by atoms with Crippen LogP contribution in [0.15, 0.2) is 0 Å². The van der Waals surface area contributed by atoms with Crippen molar-refractivity contribution < 1.29 is 19.5 Å². The summed E-state index contributed by atoms with van der Waals surface area (Å²) in [6, 6.07) is -0.499. The van der Waals surface area contributed by atoms with Crippen LogP contribution < -0.4 is 11.1 Å². The minimum absolute atomic E-state index is 0.0174. The van der Waals surface area contributed by atoms with Crippen molar-refractivity contribution in [2.24, 2.45) is 11.1 Å². The zero-order valence-electron chi connectivity index (χ0n) is 10.3. The first-order valence-electron chi connectivity index (χ1n) is 5.25. The Balaban J connectivity index is 4.34. The highest BCUT2D eigenvalue weighted by molar-refractivity contribution is 5.83. The van der Waals surface area contributed by atoms with Crippen LogP contribution in [0.25, 0.3) is 0 Å². The standard InChI is InChI=1S/C10H19N3O4/c1-4-13(5-7(11)14)9(17)12-6-10(2,3)8(15)16/h4-6H2,1-3H3,(H2,11,14)(H,12,17)(H,15,16). The Morgan fingerprint density at radius 1 is 1.35 bits per heavy atom. The second kappa shape index (κ2) is 6.07. The van der Waals surface area contributed by atoms with Gasteiger partial charge in [0.25, 0.3) is 0 Å². The van der Waals surface area contributed by atoms with E-state index in [1.807, 2.05) is 0 Å². The lowest BCUT2D eigenvalue weighted by Crippen LogP contribution is -2.47. The number of nitrogens with one attached hydrogen (secondary N) is 1. The van der Waals surface area contributed by atoms with Crippen LogP contribution in [0.4, 0.5) is 4.79 Å². The molecular weight excluding hydrogens is 226 g/mol. The number of aliphatic carboxylic acids is 1. The lowest BCUT2D eigenvalue weighted by Gasteiger charge is -2.24. The van der Waals surface area contributed by atoms with E-state index in [-0.39, 0.29) is 13.1 Å². The largest absolute Gasteiger partial charge is 0.481 e. The van der Waals surface area contributed by atoms with Gasteiger partial charge in [0, 0.05) is 13.1 Å². The van der Waals surface area contributed by atoms with Crippen molar-refractivity contribution in [3.05, 3.63) is 0 Å². The number of carbonyl (C=O) groups excluding carboxylic acids is 2. The van der Waals surface area contributed by atoms with E-state index in [1.54, 1.807) is 6.92 Å². The van der Waals surface area contributed by atoms with Crippen LogP contribution >= 0.6 is 0 Å². The molecule has 7 heteroatoms. The highest BCUT2D eigenvalue weighted by Crippen LogP contribution is 2.13. The fraction of sp³-hybridized carbons (Fsp3) is 0.700. The molecule has 0 aliphatic rings. The number of primary amides is 1. The summed E-state index contributed by atoms with van der Waals surface area (Å²) in [4.78, 5) is 34.3. The van der Waals surface area contributed by atoms with Crippen LogP contribution in [0.3, 0.4) is 0 Å². The fourth-order valence-electron chi connectivity index (χ4n) is 0.999. The van der Waals surface area contributed by atoms with E-state index in [0.29, 0.717) is 6.54 Å². The molecule has 4 N–H and O–H groups in total. The maximum atomic E-state index is 11.6. The maximum Gasteiger partial charge on any atom is 0.317 e. The van der Waals surface area contributed by atoms with Gasteiger partial charge in [0.1, 0.15) is 6.54 Å². The molecular formula is C10H19N3O4. The molecule has 0 atom stereocenters. The number of hydrogen-bond donors (Lipinski definition) is 3. The lowest BCUT2D eigenvalue weighted by atomic mass is 9.94. The average Bonchev–Trinajstić information content (AvgIpc) is 2.22. The molecule has 0 radical (unpaired) electrons. The summed E-state index contributed by atoms with van der Waals surface area (Å²) in [5.41, 5.74) is 3.93. The van der Waals surface area contributed by atoms with Gasteiger partial charge in [-0.05, 0) is 20.8 Å². The fourth-order valence-corrected chi connectivity index (χ4v) is 0.999. The van der Waals surface area contributed by atoms with Gasteiger partial charge in [-0.25, -0.2) is 4.79 Å². The van der Waals surface area contributed by atoms with Gasteiger partial charge in [-0.2, -0.15) is 0 Å². The van der Waals surface area contributed by atoms with Gasteiger partial charge >= 0.3 is 12.0 Å². The number of hydrogen-bond acceptors (Lipinski definition) is 3. The van der Waals surface area contributed by atoms with E-state index in [4.69, 9.17) is 10.8 Å². The van der Waals surface area contributed by atoms with Crippen LogP contribution in [0.2, 0.25) is 0 Å². The third-order valence-corrected chi connectivity index (χ3v) is 2.28. The monoisotopic (exact) mass is 245 g/mol. The van der Waals surface area contributed by atoms with Crippen molar-refractivity contribution in [3.8, 4) is 0 Å². The normalized spacial score (nSPS) is 10.8. The molecule has 7 nitrogen and oxygen atoms in total. The highest BCUT2D eigenvalue weighted by atomic mass is 16.4. The first-order valence-corrected chi connectivity index (χ1v) is 5.25. The first-order chi connectivity index (χ1) is 7.70. The van der Waals surface area contributed by atoms with E-state index < -0.39 is 23.3 Å². The van der Waals surface area contributed by atoms with E-state index in [2.05, 4.69) is 5.32 Å². The predicted octanol–water partition coefficient (Wildman–Crippen LogP) is -0.386. The summed E-state index contributed by atoms with van der Waals surface area (Å²) < 4.78 is 0. The smallest absolute Gasteiger partial charge is 0.317 e. The summed E-state index contributed by atoms with van der Waals surface area (Å²) in [7, 11) is 0. The van der Waals surface area contributed by atoms with Crippen molar-refractivity contribution >= 4 is 17.9 Å². The second-order valence-electron chi connectivity index (χ2n) is 4.33. The molecule has 0 aliphatic carbocycles. The summed E-state index contributed by atoms with van der Waals surface area (Å²) in [6.45, 7) is 4.82. The zero-order chi connectivity index (χ0) is 13.6. The number of carbonyl (C=O) groups is 3. The number of carboxylic acids is 1.